The Balaban J connectivity index is 2.32. The number of anilines is 1. The van der Waals surface area contributed by atoms with Crippen molar-refractivity contribution in [3.05, 3.63) is 47.7 Å². The van der Waals surface area contributed by atoms with Crippen molar-refractivity contribution in [1.29, 1.82) is 5.26 Å². The van der Waals surface area contributed by atoms with Gasteiger partial charge in [0.25, 0.3) is 0 Å². The maximum Gasteiger partial charge on any atom is 0.182 e. The van der Waals surface area contributed by atoms with Crippen molar-refractivity contribution in [2.45, 2.75) is 6.54 Å². The van der Waals surface area contributed by atoms with E-state index in [-0.39, 0.29) is 23.9 Å². The van der Waals surface area contributed by atoms with Crippen molar-refractivity contribution >= 4 is 5.82 Å². The number of nitrogens with two attached hydrogens (primary N) is 1. The van der Waals surface area contributed by atoms with Crippen LogP contribution in [0.2, 0.25) is 0 Å². The average molecular weight is 216 g/mol. The number of hydrogen-bond acceptors (Lipinski definition) is 3. The number of nitrogens with zero attached hydrogens (tertiary/aromatic N) is 3. The lowest BCUT2D eigenvalue weighted by molar-refractivity contribution is 0.600. The summed E-state index contributed by atoms with van der Waals surface area (Å²) in [4.78, 5) is 3.81. The summed E-state index contributed by atoms with van der Waals surface area (Å²) < 4.78 is 14.9. The number of rotatable bonds is 2. The highest BCUT2D eigenvalue weighted by Gasteiger charge is 2.08. The van der Waals surface area contributed by atoms with Crippen LogP contribution in [0, 0.1) is 17.1 Å². The van der Waals surface area contributed by atoms with E-state index < -0.39 is 0 Å². The van der Waals surface area contributed by atoms with E-state index in [1.165, 1.54) is 17.0 Å². The van der Waals surface area contributed by atoms with Crippen LogP contribution in [0.5, 0.6) is 0 Å². The van der Waals surface area contributed by atoms with Gasteiger partial charge in [-0.25, -0.2) is 9.37 Å². The predicted molar refractivity (Wildman–Crippen MR) is 56.9 cm³/mol. The summed E-state index contributed by atoms with van der Waals surface area (Å²) in [5, 5.41) is 8.67. The van der Waals surface area contributed by atoms with Gasteiger partial charge in [0.15, 0.2) is 5.69 Å². The zero-order chi connectivity index (χ0) is 11.5. The molecule has 1 aromatic carbocycles. The molecular weight excluding hydrogens is 207 g/mol. The third-order valence-electron chi connectivity index (χ3n) is 2.28. The molecule has 0 saturated carbocycles. The van der Waals surface area contributed by atoms with Gasteiger partial charge in [-0.05, 0) is 6.07 Å². The number of aromatic nitrogens is 2. The highest BCUT2D eigenvalue weighted by molar-refractivity contribution is 5.44. The molecule has 0 saturated heterocycles. The molecule has 0 unspecified atom stereocenters. The molecule has 0 aliphatic carbocycles. The second-order valence-corrected chi connectivity index (χ2v) is 3.31. The number of nitriles is 1. The van der Waals surface area contributed by atoms with E-state index in [4.69, 9.17) is 11.0 Å². The van der Waals surface area contributed by atoms with E-state index in [1.807, 2.05) is 6.07 Å². The van der Waals surface area contributed by atoms with Crippen LogP contribution in [0.15, 0.2) is 30.6 Å². The maximum atomic E-state index is 13.4. The van der Waals surface area contributed by atoms with Crippen molar-refractivity contribution in [3.63, 3.8) is 0 Å². The smallest absolute Gasteiger partial charge is 0.182 e. The van der Waals surface area contributed by atoms with Gasteiger partial charge in [-0.1, -0.05) is 18.2 Å². The molecule has 5 heteroatoms. The van der Waals surface area contributed by atoms with Gasteiger partial charge in [0.05, 0.1) is 12.9 Å². The van der Waals surface area contributed by atoms with Gasteiger partial charge in [0.1, 0.15) is 17.7 Å². The van der Waals surface area contributed by atoms with Crippen LogP contribution in [-0.2, 0) is 6.54 Å². The highest BCUT2D eigenvalue weighted by atomic mass is 19.1. The van der Waals surface area contributed by atoms with Crippen LogP contribution in [0.25, 0.3) is 0 Å². The minimum atomic E-state index is -0.297. The number of hydrogen-bond donors (Lipinski definition) is 1. The SMILES string of the molecule is N#Cc1ncn(Cc2ccccc2F)c1N. The van der Waals surface area contributed by atoms with Crippen molar-refractivity contribution in [2.75, 3.05) is 5.73 Å². The summed E-state index contributed by atoms with van der Waals surface area (Å²) in [5.74, 6) is -0.0418. The molecule has 80 valence electrons. The second kappa shape index (κ2) is 4.03. The molecule has 0 aliphatic rings. The first-order chi connectivity index (χ1) is 7.72. The van der Waals surface area contributed by atoms with Crippen molar-refractivity contribution in [2.24, 2.45) is 0 Å². The molecule has 2 aromatic rings. The van der Waals surface area contributed by atoms with Crippen molar-refractivity contribution in [3.8, 4) is 6.07 Å². The van der Waals surface area contributed by atoms with Crippen LogP contribution in [0.1, 0.15) is 11.3 Å². The van der Waals surface area contributed by atoms with Gasteiger partial charge in [0, 0.05) is 5.56 Å². The molecule has 0 spiro atoms. The van der Waals surface area contributed by atoms with E-state index in [0.29, 0.717) is 5.56 Å². The minimum Gasteiger partial charge on any atom is -0.383 e. The third kappa shape index (κ3) is 1.73. The Hall–Kier alpha value is -2.35. The van der Waals surface area contributed by atoms with E-state index in [1.54, 1.807) is 18.2 Å². The molecule has 1 heterocycles. The van der Waals surface area contributed by atoms with E-state index >= 15 is 0 Å². The topological polar surface area (TPSA) is 67.6 Å². The molecule has 16 heavy (non-hydrogen) atoms. The molecule has 2 rings (SSSR count). The molecule has 0 fully saturated rings. The molecule has 0 aliphatic heterocycles. The van der Waals surface area contributed by atoms with Gasteiger partial charge in [0.2, 0.25) is 0 Å². The number of imidazole rings is 1. The van der Waals surface area contributed by atoms with Crippen LogP contribution in [0.3, 0.4) is 0 Å². The van der Waals surface area contributed by atoms with Crippen LogP contribution in [-0.4, -0.2) is 9.55 Å². The summed E-state index contributed by atoms with van der Waals surface area (Å²) in [6, 6.07) is 8.28. The lowest BCUT2D eigenvalue weighted by Gasteiger charge is -2.05. The van der Waals surface area contributed by atoms with Gasteiger partial charge in [-0.3, -0.25) is 0 Å². The number of halogens is 1. The van der Waals surface area contributed by atoms with Gasteiger partial charge >= 0.3 is 0 Å². The Labute approximate surface area is 91.8 Å². The first-order valence-corrected chi connectivity index (χ1v) is 4.66. The Kier molecular flexibility index (Phi) is 2.56. The molecule has 0 bridgehead atoms. The largest absolute Gasteiger partial charge is 0.383 e. The monoisotopic (exact) mass is 216 g/mol. The first-order valence-electron chi connectivity index (χ1n) is 4.66. The summed E-state index contributed by atoms with van der Waals surface area (Å²) in [7, 11) is 0. The lowest BCUT2D eigenvalue weighted by Crippen LogP contribution is -2.05. The molecular formula is C11H9FN4. The van der Waals surface area contributed by atoms with Crippen molar-refractivity contribution in [1.82, 2.24) is 9.55 Å². The predicted octanol–water partition coefficient (Wildman–Crippen LogP) is 1.52. The van der Waals surface area contributed by atoms with E-state index in [0.717, 1.165) is 0 Å². The zero-order valence-corrected chi connectivity index (χ0v) is 8.39. The molecule has 0 radical (unpaired) electrons. The first kappa shape index (κ1) is 10.2. The Morgan fingerprint density at radius 3 is 2.81 bits per heavy atom. The van der Waals surface area contributed by atoms with Crippen molar-refractivity contribution < 1.29 is 4.39 Å². The lowest BCUT2D eigenvalue weighted by atomic mass is 10.2. The second-order valence-electron chi connectivity index (χ2n) is 3.31. The zero-order valence-electron chi connectivity index (χ0n) is 8.39. The van der Waals surface area contributed by atoms with Crippen LogP contribution < -0.4 is 5.73 Å². The summed E-state index contributed by atoms with van der Waals surface area (Å²) in [6.45, 7) is 0.271. The number of nitrogen functional groups attached to an aromatic ring is 1. The van der Waals surface area contributed by atoms with Gasteiger partial charge in [-0.2, -0.15) is 5.26 Å². The Morgan fingerprint density at radius 2 is 2.19 bits per heavy atom. The molecule has 0 atom stereocenters. The highest BCUT2D eigenvalue weighted by Crippen LogP contribution is 2.13. The average Bonchev–Trinajstić information content (AvgIpc) is 2.63. The van der Waals surface area contributed by atoms with E-state index in [9.17, 15) is 4.39 Å². The normalized spacial score (nSPS) is 10.0. The fraction of sp³-hybridized carbons (Fsp3) is 0.0909. The minimum absolute atomic E-state index is 0.163. The van der Waals surface area contributed by atoms with Gasteiger partial charge < -0.3 is 10.3 Å². The number of benzene rings is 1. The van der Waals surface area contributed by atoms with E-state index in [2.05, 4.69) is 4.98 Å². The standard InChI is InChI=1S/C11H9FN4/c12-9-4-2-1-3-8(9)6-16-7-15-10(5-13)11(16)14/h1-4,7H,6,14H2. The Morgan fingerprint density at radius 1 is 1.44 bits per heavy atom. The third-order valence-corrected chi connectivity index (χ3v) is 2.28. The summed E-state index contributed by atoms with van der Waals surface area (Å²) in [6.07, 6.45) is 1.43. The molecule has 4 nitrogen and oxygen atoms in total. The summed E-state index contributed by atoms with van der Waals surface area (Å²) >= 11 is 0. The van der Waals surface area contributed by atoms with Gasteiger partial charge in [-0.15, -0.1) is 0 Å². The quantitative estimate of drug-likeness (QED) is 0.827. The molecule has 1 aromatic heterocycles. The fourth-order valence-electron chi connectivity index (χ4n) is 1.41. The maximum absolute atomic E-state index is 13.4. The Bertz CT molecular complexity index is 553. The van der Waals surface area contributed by atoms with Crippen LogP contribution in [0.4, 0.5) is 10.2 Å². The molecule has 2 N–H and O–H groups in total. The van der Waals surface area contributed by atoms with Crippen LogP contribution >= 0.6 is 0 Å². The summed E-state index contributed by atoms with van der Waals surface area (Å²) in [5.41, 5.74) is 6.34. The fourth-order valence-corrected chi connectivity index (χ4v) is 1.41. The molecule has 0 amide bonds.